The first-order chi connectivity index (χ1) is 8.26. The fourth-order valence-electron chi connectivity index (χ4n) is 1.75. The van der Waals surface area contributed by atoms with E-state index in [1.54, 1.807) is 0 Å². The van der Waals surface area contributed by atoms with Crippen LogP contribution in [0.5, 0.6) is 0 Å². The van der Waals surface area contributed by atoms with Gasteiger partial charge in [0.15, 0.2) is 0 Å². The Labute approximate surface area is 113 Å². The molecule has 0 aliphatic rings. The first-order valence-electron chi connectivity index (χ1n) is 6.28. The fraction of sp³-hybridized carbons (Fsp3) is 0.571. The molecule has 1 unspecified atom stereocenters. The van der Waals surface area contributed by atoms with Crippen LogP contribution in [0, 0.1) is 5.92 Å². The molecule has 1 aromatic carbocycles. The first kappa shape index (κ1) is 14.7. The molecule has 17 heavy (non-hydrogen) atoms. The molecule has 0 saturated carbocycles. The Morgan fingerprint density at radius 1 is 1.24 bits per heavy atom. The van der Waals surface area contributed by atoms with Crippen molar-refractivity contribution in [3.63, 3.8) is 0 Å². The van der Waals surface area contributed by atoms with Gasteiger partial charge < -0.3 is 10.5 Å². The molecule has 0 heterocycles. The average Bonchev–Trinajstić information content (AvgIpc) is 2.35. The number of benzene rings is 1. The Hall–Kier alpha value is -0.380. The van der Waals surface area contributed by atoms with Gasteiger partial charge in [-0.05, 0) is 49.4 Å². The van der Waals surface area contributed by atoms with E-state index >= 15 is 0 Å². The van der Waals surface area contributed by atoms with Gasteiger partial charge in [0.1, 0.15) is 0 Å². The maximum Gasteiger partial charge on any atom is 0.0469 e. The second-order valence-electron chi connectivity index (χ2n) is 4.33. The maximum absolute atomic E-state index is 5.80. The van der Waals surface area contributed by atoms with Crippen LogP contribution in [0.4, 0.5) is 0 Å². The number of hydrogen-bond donors (Lipinski definition) is 1. The summed E-state index contributed by atoms with van der Waals surface area (Å²) in [6.07, 6.45) is 3.17. The minimum absolute atomic E-state index is 0.521. The third kappa shape index (κ3) is 6.20. The van der Waals surface area contributed by atoms with E-state index in [-0.39, 0.29) is 0 Å². The molecule has 1 atom stereocenters. The molecule has 0 aromatic heterocycles. The summed E-state index contributed by atoms with van der Waals surface area (Å²) in [5, 5.41) is 0. The summed E-state index contributed by atoms with van der Waals surface area (Å²) in [7, 11) is 0. The van der Waals surface area contributed by atoms with Crippen molar-refractivity contribution in [1.29, 1.82) is 0 Å². The highest BCUT2D eigenvalue weighted by Gasteiger charge is 2.07. The van der Waals surface area contributed by atoms with Gasteiger partial charge in [-0.15, -0.1) is 0 Å². The van der Waals surface area contributed by atoms with Crippen molar-refractivity contribution >= 4 is 15.9 Å². The van der Waals surface area contributed by atoms with Crippen molar-refractivity contribution < 1.29 is 4.74 Å². The Morgan fingerprint density at radius 2 is 1.94 bits per heavy atom. The molecule has 0 radical (unpaired) electrons. The second-order valence-corrected chi connectivity index (χ2v) is 5.25. The van der Waals surface area contributed by atoms with Crippen molar-refractivity contribution in [2.75, 3.05) is 19.8 Å². The summed E-state index contributed by atoms with van der Waals surface area (Å²) < 4.78 is 6.63. The summed E-state index contributed by atoms with van der Waals surface area (Å²) in [5.41, 5.74) is 7.15. The number of rotatable bonds is 8. The average molecular weight is 300 g/mol. The number of hydrogen-bond acceptors (Lipinski definition) is 2. The van der Waals surface area contributed by atoms with Crippen molar-refractivity contribution in [3.8, 4) is 0 Å². The maximum atomic E-state index is 5.80. The predicted octanol–water partition coefficient (Wildman–Crippen LogP) is 3.38. The van der Waals surface area contributed by atoms with Gasteiger partial charge in [0.25, 0.3) is 0 Å². The van der Waals surface area contributed by atoms with E-state index in [0.717, 1.165) is 43.5 Å². The predicted molar refractivity (Wildman–Crippen MR) is 76.1 cm³/mol. The van der Waals surface area contributed by atoms with E-state index in [9.17, 15) is 0 Å². The van der Waals surface area contributed by atoms with Crippen molar-refractivity contribution in [2.24, 2.45) is 11.7 Å². The summed E-state index contributed by atoms with van der Waals surface area (Å²) >= 11 is 3.44. The lowest BCUT2D eigenvalue weighted by molar-refractivity contribution is 0.121. The summed E-state index contributed by atoms with van der Waals surface area (Å²) in [5.74, 6) is 0.521. The molecule has 3 heteroatoms. The largest absolute Gasteiger partial charge is 0.381 e. The zero-order valence-corrected chi connectivity index (χ0v) is 12.1. The van der Waals surface area contributed by atoms with Crippen LogP contribution >= 0.6 is 15.9 Å². The van der Waals surface area contributed by atoms with Gasteiger partial charge >= 0.3 is 0 Å². The Balaban J connectivity index is 2.33. The molecular formula is C14H22BrNO. The van der Waals surface area contributed by atoms with Crippen LogP contribution in [0.2, 0.25) is 0 Å². The summed E-state index contributed by atoms with van der Waals surface area (Å²) in [6, 6.07) is 8.46. The van der Waals surface area contributed by atoms with E-state index in [1.807, 2.05) is 0 Å². The van der Waals surface area contributed by atoms with Crippen LogP contribution in [0.25, 0.3) is 0 Å². The lowest BCUT2D eigenvalue weighted by atomic mass is 9.97. The quantitative estimate of drug-likeness (QED) is 0.747. The lowest BCUT2D eigenvalue weighted by Gasteiger charge is -2.14. The van der Waals surface area contributed by atoms with Gasteiger partial charge in [0, 0.05) is 17.7 Å². The molecule has 2 nitrogen and oxygen atoms in total. The highest BCUT2D eigenvalue weighted by Crippen LogP contribution is 2.15. The van der Waals surface area contributed by atoms with Crippen molar-refractivity contribution in [1.82, 2.24) is 0 Å². The van der Waals surface area contributed by atoms with E-state index in [2.05, 4.69) is 47.1 Å². The molecule has 0 saturated heterocycles. The molecule has 0 bridgehead atoms. The lowest BCUT2D eigenvalue weighted by Crippen LogP contribution is -2.19. The zero-order chi connectivity index (χ0) is 12.5. The SMILES string of the molecule is CCCOCCC(CN)Cc1ccc(Br)cc1. The summed E-state index contributed by atoms with van der Waals surface area (Å²) in [4.78, 5) is 0. The Morgan fingerprint density at radius 3 is 2.53 bits per heavy atom. The van der Waals surface area contributed by atoms with Crippen LogP contribution in [-0.4, -0.2) is 19.8 Å². The van der Waals surface area contributed by atoms with Crippen LogP contribution in [0.15, 0.2) is 28.7 Å². The van der Waals surface area contributed by atoms with Crippen molar-refractivity contribution in [3.05, 3.63) is 34.3 Å². The molecule has 0 amide bonds. The third-order valence-electron chi connectivity index (χ3n) is 2.79. The molecule has 0 aliphatic carbocycles. The smallest absolute Gasteiger partial charge is 0.0469 e. The molecular weight excluding hydrogens is 278 g/mol. The third-order valence-corrected chi connectivity index (χ3v) is 3.32. The van der Waals surface area contributed by atoms with E-state index < -0.39 is 0 Å². The molecule has 1 aromatic rings. The zero-order valence-electron chi connectivity index (χ0n) is 10.5. The standard InChI is InChI=1S/C14H22BrNO/c1-2-8-17-9-7-13(11-16)10-12-3-5-14(15)6-4-12/h3-6,13H,2,7-11,16H2,1H3. The second kappa shape index (κ2) is 8.67. The highest BCUT2D eigenvalue weighted by molar-refractivity contribution is 9.10. The molecule has 96 valence electrons. The number of ether oxygens (including phenoxy) is 1. The molecule has 1 rings (SSSR count). The summed E-state index contributed by atoms with van der Waals surface area (Å²) in [6.45, 7) is 4.54. The Bertz CT molecular complexity index is 300. The number of halogens is 1. The topological polar surface area (TPSA) is 35.2 Å². The van der Waals surface area contributed by atoms with Crippen LogP contribution < -0.4 is 5.73 Å². The van der Waals surface area contributed by atoms with Crippen LogP contribution in [0.3, 0.4) is 0 Å². The molecule has 0 aliphatic heterocycles. The van der Waals surface area contributed by atoms with Gasteiger partial charge in [-0.1, -0.05) is 35.0 Å². The van der Waals surface area contributed by atoms with Gasteiger partial charge in [-0.25, -0.2) is 0 Å². The van der Waals surface area contributed by atoms with E-state index in [4.69, 9.17) is 10.5 Å². The molecule has 0 spiro atoms. The van der Waals surface area contributed by atoms with Gasteiger partial charge in [0.05, 0.1) is 0 Å². The monoisotopic (exact) mass is 299 g/mol. The minimum Gasteiger partial charge on any atom is -0.381 e. The van der Waals surface area contributed by atoms with Crippen LogP contribution in [-0.2, 0) is 11.2 Å². The van der Waals surface area contributed by atoms with E-state index in [0.29, 0.717) is 5.92 Å². The van der Waals surface area contributed by atoms with Crippen LogP contribution in [0.1, 0.15) is 25.3 Å². The van der Waals surface area contributed by atoms with Gasteiger partial charge in [0.2, 0.25) is 0 Å². The van der Waals surface area contributed by atoms with E-state index in [1.165, 1.54) is 5.56 Å². The first-order valence-corrected chi connectivity index (χ1v) is 7.07. The molecule has 2 N–H and O–H groups in total. The van der Waals surface area contributed by atoms with Crippen molar-refractivity contribution in [2.45, 2.75) is 26.2 Å². The minimum atomic E-state index is 0.521. The fourth-order valence-corrected chi connectivity index (χ4v) is 2.02. The van der Waals surface area contributed by atoms with Gasteiger partial charge in [-0.2, -0.15) is 0 Å². The normalized spacial score (nSPS) is 12.6. The highest BCUT2D eigenvalue weighted by atomic mass is 79.9. The molecule has 0 fully saturated rings. The number of nitrogens with two attached hydrogens (primary N) is 1. The Kier molecular flexibility index (Phi) is 7.49. The van der Waals surface area contributed by atoms with Gasteiger partial charge in [-0.3, -0.25) is 0 Å².